The molecule has 0 spiro atoms. The molecule has 630 valence electrons. The van der Waals surface area contributed by atoms with Crippen LogP contribution in [0.3, 0.4) is 0 Å². The number of ether oxygens (including phenoxy) is 2. The molecule has 3 atom stereocenters. The predicted molar refractivity (Wildman–Crippen MR) is 442 cm³/mol. The number of fused-ring (bicyclic) bond motifs is 1. The van der Waals surface area contributed by atoms with Gasteiger partial charge in [0.05, 0.1) is 42.3 Å². The minimum absolute atomic E-state index is 0.0220. The lowest BCUT2D eigenvalue weighted by Crippen LogP contribution is -2.38. The molecule has 10 aliphatic rings. The van der Waals surface area contributed by atoms with Gasteiger partial charge in [0.15, 0.2) is 0 Å². The van der Waals surface area contributed by atoms with Crippen LogP contribution in [0.1, 0.15) is 166 Å². The molecule has 8 fully saturated rings. The van der Waals surface area contributed by atoms with Gasteiger partial charge in [0.1, 0.15) is 5.60 Å². The number of carbonyl (C=O) groups is 6. The maximum atomic E-state index is 11.7. The summed E-state index contributed by atoms with van der Waals surface area (Å²) in [7, 11) is 20.8. The highest BCUT2D eigenvalue weighted by molar-refractivity contribution is 5.77. The van der Waals surface area contributed by atoms with Crippen molar-refractivity contribution < 1.29 is 63.8 Å². The summed E-state index contributed by atoms with van der Waals surface area (Å²) in [6, 6.07) is 19.6. The predicted octanol–water partition coefficient (Wildman–Crippen LogP) is 8.95. The Bertz CT molecular complexity index is 2810. The van der Waals surface area contributed by atoms with Crippen LogP contribution >= 0.6 is 0 Å². The average molecular weight is 1550 g/mol. The lowest BCUT2D eigenvalue weighted by molar-refractivity contribution is -0.161. The second-order valence-electron chi connectivity index (χ2n) is 33.7. The zero-order valence-electron chi connectivity index (χ0n) is 70.8. The fourth-order valence-electron chi connectivity index (χ4n) is 14.8. The molecule has 7 N–H and O–H groups in total. The van der Waals surface area contributed by atoms with Gasteiger partial charge in [-0.3, -0.25) is 28.8 Å². The number of hydrogen-bond acceptors (Lipinski definition) is 20. The maximum absolute atomic E-state index is 11.7. The van der Waals surface area contributed by atoms with Crippen LogP contribution < -0.4 is 5.73 Å². The number of carbonyl (C=O) groups excluding carboxylic acids is 3. The second kappa shape index (κ2) is 55.9. The quantitative estimate of drug-likeness (QED) is 0.0854. The number of carboxylic acid groups (broad SMARTS) is 3. The first-order chi connectivity index (χ1) is 52.2. The van der Waals surface area contributed by atoms with E-state index in [0.29, 0.717) is 25.6 Å². The van der Waals surface area contributed by atoms with Gasteiger partial charge in [-0.25, -0.2) is 0 Å². The monoisotopic (exact) mass is 1550 g/mol. The Labute approximate surface area is 664 Å². The lowest BCUT2D eigenvalue weighted by Gasteiger charge is -2.30. The number of piperidine rings is 8. The normalized spacial score (nSPS) is 22.9. The van der Waals surface area contributed by atoms with E-state index < -0.39 is 17.9 Å². The minimum Gasteiger partial charge on any atom is -0.481 e. The molecule has 0 aromatic heterocycles. The number of benzene rings is 2. The zero-order valence-corrected chi connectivity index (χ0v) is 70.8. The number of aliphatic carboxylic acids is 3. The van der Waals surface area contributed by atoms with Crippen molar-refractivity contribution in [1.29, 1.82) is 0 Å². The molecule has 2 aromatic rings. The third-order valence-electron chi connectivity index (χ3n) is 22.2. The second-order valence-corrected chi connectivity index (χ2v) is 33.7. The summed E-state index contributed by atoms with van der Waals surface area (Å²) < 4.78 is 10.3. The molecule has 24 heteroatoms. The van der Waals surface area contributed by atoms with Gasteiger partial charge < -0.3 is 89.7 Å². The van der Waals surface area contributed by atoms with E-state index in [4.69, 9.17) is 40.7 Å². The number of likely N-dealkylation sites (N-methyl/N-ethyl adjacent to an activating group) is 2. The van der Waals surface area contributed by atoms with Gasteiger partial charge in [0, 0.05) is 71.9 Å². The fourth-order valence-corrected chi connectivity index (χ4v) is 14.8. The highest BCUT2D eigenvalue weighted by Crippen LogP contribution is 2.25. The van der Waals surface area contributed by atoms with Crippen LogP contribution in [-0.4, -0.2) is 330 Å². The first-order valence-electron chi connectivity index (χ1n) is 41.5. The Morgan fingerprint density at radius 2 is 0.882 bits per heavy atom. The summed E-state index contributed by atoms with van der Waals surface area (Å²) in [5.41, 5.74) is 10.8. The van der Waals surface area contributed by atoms with Crippen LogP contribution in [0.15, 0.2) is 66.2 Å². The van der Waals surface area contributed by atoms with Crippen LogP contribution in [0, 0.1) is 41.4 Å². The Morgan fingerprint density at radius 3 is 1.30 bits per heavy atom. The number of amides is 1. The van der Waals surface area contributed by atoms with Crippen LogP contribution in [0.25, 0.3) is 0 Å². The van der Waals surface area contributed by atoms with Gasteiger partial charge in [-0.05, 0) is 327 Å². The van der Waals surface area contributed by atoms with Crippen LogP contribution in [0.5, 0.6) is 0 Å². The molecule has 8 saturated heterocycles. The Balaban J connectivity index is 0.000000318. The van der Waals surface area contributed by atoms with Crippen molar-refractivity contribution in [2.45, 2.75) is 181 Å². The highest BCUT2D eigenvalue weighted by Gasteiger charge is 2.30. The number of nitrogens with two attached hydrogens (primary N) is 1. The number of rotatable bonds is 12. The van der Waals surface area contributed by atoms with Gasteiger partial charge >= 0.3 is 29.8 Å². The zero-order chi connectivity index (χ0) is 81.6. The van der Waals surface area contributed by atoms with E-state index in [1.807, 2.05) is 55.9 Å². The molecular formula is C86H153N11O13. The van der Waals surface area contributed by atoms with Gasteiger partial charge in [-0.1, -0.05) is 66.2 Å². The van der Waals surface area contributed by atoms with Crippen LogP contribution in [0.4, 0.5) is 0 Å². The van der Waals surface area contributed by atoms with Crippen LogP contribution in [-0.2, 0) is 57.6 Å². The summed E-state index contributed by atoms with van der Waals surface area (Å²) in [5, 5.41) is 43.4. The molecule has 10 aliphatic heterocycles. The van der Waals surface area contributed by atoms with Gasteiger partial charge in [0.2, 0.25) is 5.91 Å². The molecule has 0 aliphatic carbocycles. The van der Waals surface area contributed by atoms with Crippen molar-refractivity contribution >= 4 is 35.8 Å². The van der Waals surface area contributed by atoms with Crippen molar-refractivity contribution in [1.82, 2.24) is 49.0 Å². The fraction of sp³-hybridized carbons (Fsp3) is 0.767. The average Bonchev–Trinajstić information content (AvgIpc) is 0.846. The summed E-state index contributed by atoms with van der Waals surface area (Å²) in [6.07, 6.45) is 23.3. The number of esters is 2. The van der Waals surface area contributed by atoms with E-state index in [0.717, 1.165) is 220 Å². The molecule has 0 saturated carbocycles. The molecule has 110 heavy (non-hydrogen) atoms. The number of hydrogen-bond donors (Lipinski definition) is 6. The maximum Gasteiger partial charge on any atom is 0.310 e. The van der Waals surface area contributed by atoms with E-state index >= 15 is 0 Å². The number of nitrogens with zero attached hydrogens (tertiary/aromatic N) is 10. The highest BCUT2D eigenvalue weighted by atomic mass is 16.6. The Hall–Kier alpha value is -5.48. The molecular weight excluding hydrogens is 1400 g/mol. The SMILES string of the molecule is CCOC(=O)C1CCCN(C)C1.CN1CC=C(CCO)CC1.CN1CCC(C(=O)O)CC1.CN1CCC(C(=O)OC(C)(C)C)CC1.CN1CCC(CC(=O)O)CC1.CN1CCC(Cc2ccccc2)CC1.CN1CCC(O)CC1.CN1CCCC(C(=O)O)C1.CN1CCCC(C(N)=O)C1.CN1CCc2ccccc2C1. The van der Waals surface area contributed by atoms with E-state index in [1.165, 1.54) is 67.6 Å². The Kier molecular flexibility index (Phi) is 50.2. The molecule has 10 heterocycles. The van der Waals surface area contributed by atoms with Crippen LogP contribution in [0.2, 0.25) is 0 Å². The number of aliphatic hydroxyl groups excluding tert-OH is 2. The molecule has 24 nitrogen and oxygen atoms in total. The van der Waals surface area contributed by atoms with Gasteiger partial charge in [-0.15, -0.1) is 0 Å². The number of likely N-dealkylation sites (tertiary alicyclic amines) is 8. The molecule has 3 unspecified atom stereocenters. The third-order valence-corrected chi connectivity index (χ3v) is 22.2. The first kappa shape index (κ1) is 98.7. The largest absolute Gasteiger partial charge is 0.481 e. The summed E-state index contributed by atoms with van der Waals surface area (Å²) >= 11 is 0. The lowest BCUT2D eigenvalue weighted by atomic mass is 9.90. The minimum atomic E-state index is -0.653. The number of primary amides is 1. The smallest absolute Gasteiger partial charge is 0.310 e. The van der Waals surface area contributed by atoms with Crippen molar-refractivity contribution in [3.63, 3.8) is 0 Å². The van der Waals surface area contributed by atoms with Crippen molar-refractivity contribution in [2.75, 3.05) is 208 Å². The summed E-state index contributed by atoms with van der Waals surface area (Å²) in [6.45, 7) is 29.2. The molecule has 2 aromatic carbocycles. The van der Waals surface area contributed by atoms with Crippen molar-refractivity contribution in [3.05, 3.63) is 82.9 Å². The number of carboxylic acids is 3. The standard InChI is InChI=1S/C13H19N.C11H21NO2.C10H13N.C9H17NO2.C8H15NO2.C8H15NO.C7H14N2O.2C7H13NO2.C6H13NO/c1-14-9-7-13(8-10-14)11-12-5-3-2-4-6-12;1-11(2,3)14-10(13)9-5-7-12(4)8-6-9;1-11-7-6-9-4-2-3-5-10(9)8-11;1-3-12-9(11)8-5-4-6-10(2)7-8;1-9-4-2-7(3-5-9)6-8(10)11;1-9-5-2-8(3-6-9)4-7-10;1-9-4-2-3-6(5-9)7(8)10;1-8-4-2-6(3-5-8)7(9)10;1-8-4-2-3-6(5-8)7(9)10;1-7-4-2-6(8)3-5-7/h2-6,13H,7-11H2,1H3;9H,5-8H2,1-4H3;2-5H,6-8H2,1H3;8H,3-7H2,1-2H3;7H,2-6H2,1H3,(H,10,11);2,10H,3-7H2,1H3;6H,2-5H2,1H3,(H2,8,10);2*6H,2-5H2,1H3,(H,9,10);6,8H,2-5H2,1H3. The van der Waals surface area contributed by atoms with Crippen molar-refractivity contribution in [2.24, 2.45) is 47.2 Å². The van der Waals surface area contributed by atoms with Gasteiger partial charge in [0.25, 0.3) is 0 Å². The molecule has 1 amide bonds. The van der Waals surface area contributed by atoms with E-state index in [1.54, 1.807) is 0 Å². The molecule has 0 radical (unpaired) electrons. The summed E-state index contributed by atoms with van der Waals surface area (Å²) in [4.78, 5) is 87.3. The molecule has 0 bridgehead atoms. The van der Waals surface area contributed by atoms with E-state index in [2.05, 4.69) is 152 Å². The third kappa shape index (κ3) is 46.0. The molecule has 12 rings (SSSR count). The summed E-state index contributed by atoms with van der Waals surface area (Å²) in [5.74, 6) is -0.680. The van der Waals surface area contributed by atoms with Gasteiger partial charge in [-0.2, -0.15) is 0 Å². The van der Waals surface area contributed by atoms with E-state index in [9.17, 15) is 28.8 Å². The van der Waals surface area contributed by atoms with Crippen molar-refractivity contribution in [3.8, 4) is 0 Å². The first-order valence-corrected chi connectivity index (χ1v) is 41.5. The number of aliphatic hydroxyl groups is 2. The Morgan fingerprint density at radius 1 is 0.455 bits per heavy atom. The van der Waals surface area contributed by atoms with E-state index in [-0.39, 0.29) is 59.1 Å². The topological polar surface area (TPSA) is 280 Å².